The van der Waals surface area contributed by atoms with Crippen LogP contribution < -0.4 is 4.90 Å². The Morgan fingerprint density at radius 3 is 3.08 bits per heavy atom. The molecule has 2 rings (SSSR count). The van der Waals surface area contributed by atoms with Gasteiger partial charge in [-0.1, -0.05) is 11.6 Å². The van der Waals surface area contributed by atoms with Crippen LogP contribution in [-0.4, -0.2) is 18.7 Å². The molecule has 3 heteroatoms. The Kier molecular flexibility index (Phi) is 2.18. The van der Waals surface area contributed by atoms with E-state index in [0.29, 0.717) is 5.02 Å². The lowest BCUT2D eigenvalue weighted by Crippen LogP contribution is -2.26. The van der Waals surface area contributed by atoms with Crippen molar-refractivity contribution in [3.63, 3.8) is 0 Å². The van der Waals surface area contributed by atoms with E-state index in [1.54, 1.807) is 0 Å². The van der Waals surface area contributed by atoms with Crippen molar-refractivity contribution in [3.05, 3.63) is 28.8 Å². The lowest BCUT2D eigenvalue weighted by molar-refractivity contribution is 0.165. The van der Waals surface area contributed by atoms with Gasteiger partial charge in [-0.15, -0.1) is 0 Å². The predicted octanol–water partition coefficient (Wildman–Crippen LogP) is 2.21. The van der Waals surface area contributed by atoms with Crippen molar-refractivity contribution in [2.45, 2.75) is 12.5 Å². The zero-order valence-corrected chi connectivity index (χ0v) is 8.25. The fourth-order valence-corrected chi connectivity index (χ4v) is 1.91. The van der Waals surface area contributed by atoms with Gasteiger partial charge in [0, 0.05) is 29.9 Å². The molecular weight excluding hydrogens is 186 g/mol. The van der Waals surface area contributed by atoms with Crippen LogP contribution in [0.4, 0.5) is 5.69 Å². The van der Waals surface area contributed by atoms with E-state index in [4.69, 9.17) is 11.6 Å². The molecular formula is C10H12ClNO. The number of halogens is 1. The molecule has 2 nitrogen and oxygen atoms in total. The summed E-state index contributed by atoms with van der Waals surface area (Å²) in [5.74, 6) is 0. The van der Waals surface area contributed by atoms with Gasteiger partial charge < -0.3 is 10.0 Å². The highest BCUT2D eigenvalue weighted by Crippen LogP contribution is 2.34. The van der Waals surface area contributed by atoms with Crippen LogP contribution in [0.5, 0.6) is 0 Å². The average molecular weight is 198 g/mol. The van der Waals surface area contributed by atoms with Gasteiger partial charge >= 0.3 is 0 Å². The monoisotopic (exact) mass is 197 g/mol. The smallest absolute Gasteiger partial charge is 0.0827 e. The molecule has 1 aromatic rings. The molecule has 70 valence electrons. The summed E-state index contributed by atoms with van der Waals surface area (Å²) < 4.78 is 0. The van der Waals surface area contributed by atoms with E-state index < -0.39 is 0 Å². The zero-order valence-electron chi connectivity index (χ0n) is 7.50. The van der Waals surface area contributed by atoms with Gasteiger partial charge in [-0.05, 0) is 24.6 Å². The highest BCUT2D eigenvalue weighted by molar-refractivity contribution is 6.30. The summed E-state index contributed by atoms with van der Waals surface area (Å²) in [7, 11) is 2.03. The van der Waals surface area contributed by atoms with E-state index in [0.717, 1.165) is 24.2 Å². The molecule has 0 saturated carbocycles. The first-order chi connectivity index (χ1) is 6.18. The van der Waals surface area contributed by atoms with Crippen molar-refractivity contribution >= 4 is 17.3 Å². The number of aliphatic hydroxyl groups is 1. The van der Waals surface area contributed by atoms with Crippen LogP contribution in [0.25, 0.3) is 0 Å². The van der Waals surface area contributed by atoms with Crippen molar-refractivity contribution in [2.75, 3.05) is 18.5 Å². The average Bonchev–Trinajstić information content (AvgIpc) is 2.12. The summed E-state index contributed by atoms with van der Waals surface area (Å²) in [6, 6.07) is 5.66. The fraction of sp³-hybridized carbons (Fsp3) is 0.400. The number of hydrogen-bond donors (Lipinski definition) is 1. The highest BCUT2D eigenvalue weighted by atomic mass is 35.5. The normalized spacial score (nSPS) is 21.5. The van der Waals surface area contributed by atoms with Gasteiger partial charge in [0.2, 0.25) is 0 Å². The van der Waals surface area contributed by atoms with Gasteiger partial charge in [0.05, 0.1) is 6.10 Å². The highest BCUT2D eigenvalue weighted by Gasteiger charge is 2.20. The molecule has 0 aromatic heterocycles. The van der Waals surface area contributed by atoms with Crippen LogP contribution in [0.15, 0.2) is 18.2 Å². The van der Waals surface area contributed by atoms with Gasteiger partial charge in [0.1, 0.15) is 0 Å². The molecule has 0 radical (unpaired) electrons. The molecule has 1 N–H and O–H groups in total. The van der Waals surface area contributed by atoms with Crippen LogP contribution >= 0.6 is 11.6 Å². The van der Waals surface area contributed by atoms with Crippen LogP contribution in [0, 0.1) is 0 Å². The molecule has 0 bridgehead atoms. The number of hydrogen-bond acceptors (Lipinski definition) is 2. The van der Waals surface area contributed by atoms with Crippen LogP contribution in [0.1, 0.15) is 18.1 Å². The van der Waals surface area contributed by atoms with E-state index in [1.165, 1.54) is 0 Å². The standard InChI is InChI=1S/C10H12ClNO/c1-12-5-4-10(13)8-6-7(11)2-3-9(8)12/h2-3,6,10,13H,4-5H2,1H3. The predicted molar refractivity (Wildman–Crippen MR) is 54.3 cm³/mol. The van der Waals surface area contributed by atoms with Crippen molar-refractivity contribution in [3.8, 4) is 0 Å². The van der Waals surface area contributed by atoms with E-state index in [2.05, 4.69) is 4.90 Å². The number of benzene rings is 1. The van der Waals surface area contributed by atoms with Crippen LogP contribution in [0.3, 0.4) is 0 Å². The first-order valence-electron chi connectivity index (χ1n) is 4.37. The maximum absolute atomic E-state index is 9.72. The van der Waals surface area contributed by atoms with Gasteiger partial charge in [-0.25, -0.2) is 0 Å². The molecule has 0 aliphatic carbocycles. The Hall–Kier alpha value is -0.730. The molecule has 0 fully saturated rings. The zero-order chi connectivity index (χ0) is 9.42. The maximum Gasteiger partial charge on any atom is 0.0827 e. The number of fused-ring (bicyclic) bond motifs is 1. The number of nitrogens with zero attached hydrogens (tertiary/aromatic N) is 1. The maximum atomic E-state index is 9.72. The minimum absolute atomic E-state index is 0.357. The fourth-order valence-electron chi connectivity index (χ4n) is 1.73. The first-order valence-corrected chi connectivity index (χ1v) is 4.75. The summed E-state index contributed by atoms with van der Waals surface area (Å²) in [6.45, 7) is 0.899. The SMILES string of the molecule is CN1CCC(O)c2cc(Cl)ccc21. The van der Waals surface area contributed by atoms with E-state index in [1.807, 2.05) is 25.2 Å². The summed E-state index contributed by atoms with van der Waals surface area (Å²) >= 11 is 5.86. The van der Waals surface area contributed by atoms with E-state index >= 15 is 0 Å². The Morgan fingerprint density at radius 1 is 1.54 bits per heavy atom. The van der Waals surface area contributed by atoms with Crippen molar-refractivity contribution in [1.29, 1.82) is 0 Å². The Balaban J connectivity index is 2.50. The minimum Gasteiger partial charge on any atom is -0.388 e. The molecule has 1 unspecified atom stereocenters. The molecule has 0 amide bonds. The second kappa shape index (κ2) is 3.20. The summed E-state index contributed by atoms with van der Waals surface area (Å²) in [4.78, 5) is 2.14. The minimum atomic E-state index is -0.357. The van der Waals surface area contributed by atoms with Gasteiger partial charge in [0.25, 0.3) is 0 Å². The van der Waals surface area contributed by atoms with Crippen molar-refractivity contribution < 1.29 is 5.11 Å². The van der Waals surface area contributed by atoms with E-state index in [9.17, 15) is 5.11 Å². The number of anilines is 1. The Morgan fingerprint density at radius 2 is 2.31 bits per heavy atom. The third kappa shape index (κ3) is 1.52. The summed E-state index contributed by atoms with van der Waals surface area (Å²) in [6.07, 6.45) is 0.425. The number of aliphatic hydroxyl groups excluding tert-OH is 1. The molecule has 13 heavy (non-hydrogen) atoms. The summed E-state index contributed by atoms with van der Waals surface area (Å²) in [5, 5.41) is 10.4. The molecule has 1 heterocycles. The van der Waals surface area contributed by atoms with Crippen LogP contribution in [0.2, 0.25) is 5.02 Å². The third-order valence-corrected chi connectivity index (χ3v) is 2.73. The largest absolute Gasteiger partial charge is 0.388 e. The second-order valence-corrected chi connectivity index (χ2v) is 3.87. The topological polar surface area (TPSA) is 23.5 Å². The molecule has 1 aliphatic heterocycles. The van der Waals surface area contributed by atoms with Gasteiger partial charge in [0.15, 0.2) is 0 Å². The first kappa shape index (κ1) is 8.85. The van der Waals surface area contributed by atoms with Gasteiger partial charge in [-0.3, -0.25) is 0 Å². The van der Waals surface area contributed by atoms with Crippen molar-refractivity contribution in [2.24, 2.45) is 0 Å². The number of rotatable bonds is 0. The Bertz CT molecular complexity index is 327. The molecule has 1 aromatic carbocycles. The Labute approximate surface area is 82.7 Å². The molecule has 0 saturated heterocycles. The molecule has 0 spiro atoms. The lowest BCUT2D eigenvalue weighted by Gasteiger charge is -2.30. The molecule has 1 aliphatic rings. The van der Waals surface area contributed by atoms with E-state index in [-0.39, 0.29) is 6.10 Å². The quantitative estimate of drug-likeness (QED) is 0.690. The summed E-state index contributed by atoms with van der Waals surface area (Å²) in [5.41, 5.74) is 2.03. The van der Waals surface area contributed by atoms with Crippen LogP contribution in [-0.2, 0) is 0 Å². The molecule has 1 atom stereocenters. The second-order valence-electron chi connectivity index (χ2n) is 3.43. The van der Waals surface area contributed by atoms with Gasteiger partial charge in [-0.2, -0.15) is 0 Å². The third-order valence-electron chi connectivity index (χ3n) is 2.50. The van der Waals surface area contributed by atoms with Crippen molar-refractivity contribution in [1.82, 2.24) is 0 Å². The lowest BCUT2D eigenvalue weighted by atomic mass is 9.99.